The van der Waals surface area contributed by atoms with Crippen molar-refractivity contribution in [2.45, 2.75) is 38.1 Å². The zero-order valence-electron chi connectivity index (χ0n) is 9.44. The van der Waals surface area contributed by atoms with Crippen molar-refractivity contribution in [2.24, 2.45) is 0 Å². The lowest BCUT2D eigenvalue weighted by Gasteiger charge is -2.22. The van der Waals surface area contributed by atoms with Crippen LogP contribution < -0.4 is 16.6 Å². The summed E-state index contributed by atoms with van der Waals surface area (Å²) in [5.41, 5.74) is -1.21. The average Bonchev–Trinajstić information content (AvgIpc) is 2.30. The fraction of sp³-hybridized carbons (Fsp3) is 0.545. The Balaban J connectivity index is 2.08. The van der Waals surface area contributed by atoms with Crippen LogP contribution in [0.5, 0.6) is 0 Å². The van der Waals surface area contributed by atoms with Crippen LogP contribution in [-0.4, -0.2) is 21.6 Å². The molecule has 1 aromatic heterocycles. The van der Waals surface area contributed by atoms with Crippen LogP contribution >= 0.6 is 0 Å². The van der Waals surface area contributed by atoms with Gasteiger partial charge < -0.3 is 5.32 Å². The number of carbonyl (C=O) groups is 1. The van der Waals surface area contributed by atoms with Crippen LogP contribution in [0.1, 0.15) is 32.1 Å². The maximum atomic E-state index is 11.8. The molecule has 2 rings (SSSR count). The van der Waals surface area contributed by atoms with Crippen molar-refractivity contribution >= 4 is 6.03 Å². The molecular weight excluding hydrogens is 222 g/mol. The number of amides is 1. The molecule has 92 valence electrons. The molecule has 1 aliphatic rings. The van der Waals surface area contributed by atoms with Gasteiger partial charge in [0, 0.05) is 18.3 Å². The van der Waals surface area contributed by atoms with Crippen LogP contribution in [0.25, 0.3) is 0 Å². The minimum atomic E-state index is -0.703. The Labute approximate surface area is 97.7 Å². The van der Waals surface area contributed by atoms with E-state index in [1.54, 1.807) is 0 Å². The molecule has 1 fully saturated rings. The largest absolute Gasteiger partial charge is 0.336 e. The number of rotatable bonds is 1. The van der Waals surface area contributed by atoms with Crippen LogP contribution in [0.2, 0.25) is 0 Å². The van der Waals surface area contributed by atoms with Gasteiger partial charge in [0.15, 0.2) is 0 Å². The monoisotopic (exact) mass is 237 g/mol. The molecule has 0 spiro atoms. The molecular formula is C11H15N3O3. The van der Waals surface area contributed by atoms with Gasteiger partial charge in [-0.2, -0.15) is 0 Å². The molecule has 0 radical (unpaired) electrons. The van der Waals surface area contributed by atoms with Gasteiger partial charge in [-0.05, 0) is 12.8 Å². The van der Waals surface area contributed by atoms with Gasteiger partial charge in [-0.1, -0.05) is 19.3 Å². The topological polar surface area (TPSA) is 84.0 Å². The lowest BCUT2D eigenvalue weighted by molar-refractivity contribution is 0.233. The van der Waals surface area contributed by atoms with Gasteiger partial charge in [0.2, 0.25) is 0 Å². The molecule has 0 aliphatic heterocycles. The number of nitrogens with zero attached hydrogens (tertiary/aromatic N) is 1. The Kier molecular flexibility index (Phi) is 3.41. The van der Waals surface area contributed by atoms with Gasteiger partial charge >= 0.3 is 11.7 Å². The van der Waals surface area contributed by atoms with Crippen molar-refractivity contribution < 1.29 is 4.79 Å². The summed E-state index contributed by atoms with van der Waals surface area (Å²) >= 11 is 0. The quantitative estimate of drug-likeness (QED) is 0.742. The van der Waals surface area contributed by atoms with Gasteiger partial charge in [0.25, 0.3) is 5.56 Å². The number of aromatic nitrogens is 2. The van der Waals surface area contributed by atoms with E-state index in [2.05, 4.69) is 5.32 Å². The Hall–Kier alpha value is -1.85. The molecule has 1 aliphatic carbocycles. The van der Waals surface area contributed by atoms with E-state index in [1.807, 2.05) is 4.98 Å². The highest BCUT2D eigenvalue weighted by molar-refractivity contribution is 5.76. The molecule has 0 bridgehead atoms. The number of aromatic amines is 1. The van der Waals surface area contributed by atoms with Crippen molar-refractivity contribution in [1.29, 1.82) is 0 Å². The van der Waals surface area contributed by atoms with Crippen molar-refractivity contribution in [3.05, 3.63) is 33.1 Å². The Morgan fingerprint density at radius 3 is 2.65 bits per heavy atom. The van der Waals surface area contributed by atoms with E-state index < -0.39 is 17.3 Å². The second-order valence-electron chi connectivity index (χ2n) is 4.26. The van der Waals surface area contributed by atoms with Crippen molar-refractivity contribution in [3.8, 4) is 0 Å². The summed E-state index contributed by atoms with van der Waals surface area (Å²) in [6.07, 6.45) is 6.49. The SMILES string of the molecule is O=C(NC1CCCCC1)n1ccc(=O)[nH]c1=O. The van der Waals surface area contributed by atoms with Crippen molar-refractivity contribution in [3.63, 3.8) is 0 Å². The molecule has 0 unspecified atom stereocenters. The predicted octanol–water partition coefficient (Wildman–Crippen LogP) is 0.427. The van der Waals surface area contributed by atoms with E-state index in [1.165, 1.54) is 12.6 Å². The summed E-state index contributed by atoms with van der Waals surface area (Å²) in [7, 11) is 0. The first-order valence-electron chi connectivity index (χ1n) is 5.79. The van der Waals surface area contributed by atoms with Gasteiger partial charge in [-0.15, -0.1) is 0 Å². The van der Waals surface area contributed by atoms with Crippen LogP contribution in [0.3, 0.4) is 0 Å². The second-order valence-corrected chi connectivity index (χ2v) is 4.26. The molecule has 2 N–H and O–H groups in total. The zero-order valence-corrected chi connectivity index (χ0v) is 9.44. The van der Waals surface area contributed by atoms with Gasteiger partial charge in [-0.3, -0.25) is 9.78 Å². The highest BCUT2D eigenvalue weighted by Gasteiger charge is 2.17. The van der Waals surface area contributed by atoms with E-state index in [9.17, 15) is 14.4 Å². The summed E-state index contributed by atoms with van der Waals surface area (Å²) in [5, 5.41) is 2.80. The molecule has 17 heavy (non-hydrogen) atoms. The molecule has 1 heterocycles. The Morgan fingerprint density at radius 1 is 1.29 bits per heavy atom. The molecule has 1 amide bonds. The average molecular weight is 237 g/mol. The smallest absolute Gasteiger partial charge is 0.335 e. The molecule has 1 aromatic rings. The van der Waals surface area contributed by atoms with Crippen LogP contribution in [0.15, 0.2) is 21.9 Å². The summed E-state index contributed by atoms with van der Waals surface area (Å²) in [6.45, 7) is 0. The van der Waals surface area contributed by atoms with E-state index >= 15 is 0 Å². The third-order valence-corrected chi connectivity index (χ3v) is 2.98. The van der Waals surface area contributed by atoms with E-state index in [-0.39, 0.29) is 6.04 Å². The van der Waals surface area contributed by atoms with E-state index in [0.717, 1.165) is 36.3 Å². The maximum Gasteiger partial charge on any atom is 0.336 e. The van der Waals surface area contributed by atoms with Crippen LogP contribution in [0.4, 0.5) is 4.79 Å². The summed E-state index contributed by atoms with van der Waals surface area (Å²) in [6, 6.07) is 0.815. The molecule has 0 atom stereocenters. The predicted molar refractivity (Wildman–Crippen MR) is 62.1 cm³/mol. The molecule has 0 saturated heterocycles. The van der Waals surface area contributed by atoms with Crippen LogP contribution in [0, 0.1) is 0 Å². The Morgan fingerprint density at radius 2 is 2.00 bits per heavy atom. The van der Waals surface area contributed by atoms with Gasteiger partial charge in [0.05, 0.1) is 0 Å². The first-order chi connectivity index (χ1) is 8.16. The third-order valence-electron chi connectivity index (χ3n) is 2.98. The summed E-state index contributed by atoms with van der Waals surface area (Å²) < 4.78 is 0.885. The van der Waals surface area contributed by atoms with E-state index in [4.69, 9.17) is 0 Å². The lowest BCUT2D eigenvalue weighted by Crippen LogP contribution is -2.44. The highest BCUT2D eigenvalue weighted by Crippen LogP contribution is 2.17. The number of hydrogen-bond acceptors (Lipinski definition) is 3. The number of H-pyrrole nitrogens is 1. The second kappa shape index (κ2) is 4.99. The fourth-order valence-corrected chi connectivity index (χ4v) is 2.07. The molecule has 0 aromatic carbocycles. The highest BCUT2D eigenvalue weighted by atomic mass is 16.2. The maximum absolute atomic E-state index is 11.8. The normalized spacial score (nSPS) is 16.7. The standard InChI is InChI=1S/C11H15N3O3/c15-9-6-7-14(11(17)13-9)10(16)12-8-4-2-1-3-5-8/h6-8H,1-5H2,(H,12,16)(H,13,15,17). The fourth-order valence-electron chi connectivity index (χ4n) is 2.07. The number of hydrogen-bond donors (Lipinski definition) is 2. The first-order valence-corrected chi connectivity index (χ1v) is 5.79. The summed E-state index contributed by atoms with van der Waals surface area (Å²) in [4.78, 5) is 36.0. The number of carbonyl (C=O) groups excluding carboxylic acids is 1. The minimum Gasteiger partial charge on any atom is -0.335 e. The minimum absolute atomic E-state index is 0.134. The zero-order chi connectivity index (χ0) is 12.3. The van der Waals surface area contributed by atoms with Crippen LogP contribution in [-0.2, 0) is 0 Å². The Bertz CT molecular complexity index is 511. The van der Waals surface area contributed by atoms with Gasteiger partial charge in [-0.25, -0.2) is 14.2 Å². The van der Waals surface area contributed by atoms with Gasteiger partial charge in [0.1, 0.15) is 0 Å². The van der Waals surface area contributed by atoms with Crippen molar-refractivity contribution in [1.82, 2.24) is 14.9 Å². The first kappa shape index (κ1) is 11.6. The number of nitrogens with one attached hydrogen (secondary N) is 2. The molecule has 6 heteroatoms. The molecule has 1 saturated carbocycles. The van der Waals surface area contributed by atoms with E-state index in [0.29, 0.717) is 0 Å². The van der Waals surface area contributed by atoms with Crippen molar-refractivity contribution in [2.75, 3.05) is 0 Å². The lowest BCUT2D eigenvalue weighted by atomic mass is 9.96. The summed E-state index contributed by atoms with van der Waals surface area (Å²) in [5.74, 6) is 0. The third kappa shape index (κ3) is 2.83. The molecule has 6 nitrogen and oxygen atoms in total.